The molecule has 2 aromatic rings. The topological polar surface area (TPSA) is 9.23 Å². The van der Waals surface area contributed by atoms with Gasteiger partial charge in [0.2, 0.25) is 0 Å². The van der Waals surface area contributed by atoms with Gasteiger partial charge in [-0.15, -0.1) is 13.2 Å². The second kappa shape index (κ2) is 5.72. The molecule has 0 amide bonds. The highest BCUT2D eigenvalue weighted by molar-refractivity contribution is 6.31. The Hall–Kier alpha value is -1.89. The van der Waals surface area contributed by atoms with E-state index >= 15 is 0 Å². The number of hydrogen-bond donors (Lipinski definition) is 0. The zero-order valence-corrected chi connectivity index (χ0v) is 11.4. The van der Waals surface area contributed by atoms with E-state index in [1.165, 1.54) is 12.1 Å². The summed E-state index contributed by atoms with van der Waals surface area (Å²) >= 11 is 5.58. The van der Waals surface area contributed by atoms with Crippen LogP contribution >= 0.6 is 11.6 Å². The molecule has 0 aliphatic carbocycles. The van der Waals surface area contributed by atoms with Crippen LogP contribution in [0.4, 0.5) is 26.3 Å². The van der Waals surface area contributed by atoms with Crippen LogP contribution in [0.3, 0.4) is 0 Å². The number of halogens is 7. The van der Waals surface area contributed by atoms with Crippen LogP contribution in [-0.2, 0) is 6.18 Å². The Morgan fingerprint density at radius 1 is 0.864 bits per heavy atom. The molecule has 118 valence electrons. The molecule has 0 radical (unpaired) electrons. The highest BCUT2D eigenvalue weighted by Gasteiger charge is 2.36. The highest BCUT2D eigenvalue weighted by Crippen LogP contribution is 2.42. The maximum Gasteiger partial charge on any atom is 0.573 e. The van der Waals surface area contributed by atoms with Gasteiger partial charge in [0.15, 0.2) is 0 Å². The lowest BCUT2D eigenvalue weighted by Crippen LogP contribution is -2.17. The lowest BCUT2D eigenvalue weighted by molar-refractivity contribution is -0.274. The number of benzene rings is 2. The minimum Gasteiger partial charge on any atom is -0.406 e. The standard InChI is InChI=1S/C14H7ClF6O/c15-11-6-2-5-10(12(11)13(16,17)18)8-3-1-4-9(7-8)22-14(19,20)21/h1-7H. The van der Waals surface area contributed by atoms with E-state index in [-0.39, 0.29) is 11.1 Å². The van der Waals surface area contributed by atoms with Crippen molar-refractivity contribution in [3.63, 3.8) is 0 Å². The van der Waals surface area contributed by atoms with Gasteiger partial charge in [-0.2, -0.15) is 13.2 Å². The van der Waals surface area contributed by atoms with Crippen molar-refractivity contribution in [1.82, 2.24) is 0 Å². The summed E-state index contributed by atoms with van der Waals surface area (Å²) in [4.78, 5) is 0. The minimum absolute atomic E-state index is 0.0865. The Labute approximate surface area is 126 Å². The summed E-state index contributed by atoms with van der Waals surface area (Å²) in [5.74, 6) is -0.613. The normalized spacial score (nSPS) is 12.3. The molecule has 0 fully saturated rings. The molecule has 0 saturated carbocycles. The summed E-state index contributed by atoms with van der Waals surface area (Å²) in [6.07, 6.45) is -9.67. The molecule has 0 unspecified atom stereocenters. The quantitative estimate of drug-likeness (QED) is 0.616. The summed E-state index contributed by atoms with van der Waals surface area (Å²) in [5, 5.41) is -0.535. The van der Waals surface area contributed by atoms with E-state index in [4.69, 9.17) is 11.6 Å². The Morgan fingerprint density at radius 3 is 2.09 bits per heavy atom. The Morgan fingerprint density at radius 2 is 1.50 bits per heavy atom. The monoisotopic (exact) mass is 340 g/mol. The van der Waals surface area contributed by atoms with Crippen molar-refractivity contribution >= 4 is 11.6 Å². The van der Waals surface area contributed by atoms with E-state index in [0.29, 0.717) is 0 Å². The average Bonchev–Trinajstić information content (AvgIpc) is 2.35. The Balaban J connectivity index is 2.54. The van der Waals surface area contributed by atoms with Gasteiger partial charge in [-0.1, -0.05) is 35.9 Å². The second-order valence-electron chi connectivity index (χ2n) is 4.24. The van der Waals surface area contributed by atoms with Gasteiger partial charge >= 0.3 is 12.5 Å². The van der Waals surface area contributed by atoms with E-state index < -0.39 is 28.9 Å². The van der Waals surface area contributed by atoms with E-state index in [1.807, 2.05) is 0 Å². The first-order chi connectivity index (χ1) is 10.1. The minimum atomic E-state index is -4.93. The van der Waals surface area contributed by atoms with Crippen molar-refractivity contribution in [3.05, 3.63) is 53.1 Å². The van der Waals surface area contributed by atoms with Gasteiger partial charge in [-0.25, -0.2) is 0 Å². The molecule has 8 heteroatoms. The van der Waals surface area contributed by atoms with E-state index in [2.05, 4.69) is 4.74 Å². The van der Waals surface area contributed by atoms with Crippen molar-refractivity contribution in [2.45, 2.75) is 12.5 Å². The SMILES string of the molecule is FC(F)(F)Oc1cccc(-c2cccc(Cl)c2C(F)(F)F)c1. The van der Waals surface area contributed by atoms with Crippen LogP contribution in [0.1, 0.15) is 5.56 Å². The van der Waals surface area contributed by atoms with Crippen LogP contribution in [0, 0.1) is 0 Å². The van der Waals surface area contributed by atoms with Crippen LogP contribution in [0.15, 0.2) is 42.5 Å². The summed E-state index contributed by atoms with van der Waals surface area (Å²) in [6.45, 7) is 0. The zero-order valence-electron chi connectivity index (χ0n) is 10.6. The summed E-state index contributed by atoms with van der Waals surface area (Å²) in [7, 11) is 0. The lowest BCUT2D eigenvalue weighted by Gasteiger charge is -2.15. The third-order valence-electron chi connectivity index (χ3n) is 2.68. The molecule has 0 spiro atoms. The molecule has 0 atom stereocenters. The molecule has 0 saturated heterocycles. The molecule has 0 bridgehead atoms. The van der Waals surface area contributed by atoms with Crippen LogP contribution in [0.2, 0.25) is 5.02 Å². The van der Waals surface area contributed by atoms with Crippen molar-refractivity contribution in [3.8, 4) is 16.9 Å². The van der Waals surface area contributed by atoms with Gasteiger partial charge in [0.1, 0.15) is 5.75 Å². The average molecular weight is 341 g/mol. The maximum absolute atomic E-state index is 13.1. The number of rotatable bonds is 2. The molecule has 2 aromatic carbocycles. The molecule has 0 aliphatic rings. The number of alkyl halides is 6. The lowest BCUT2D eigenvalue weighted by atomic mass is 9.99. The maximum atomic E-state index is 13.1. The fourth-order valence-corrected chi connectivity index (χ4v) is 2.20. The van der Waals surface area contributed by atoms with Gasteiger partial charge in [-0.05, 0) is 29.3 Å². The zero-order chi connectivity index (χ0) is 16.5. The van der Waals surface area contributed by atoms with E-state index in [1.54, 1.807) is 0 Å². The molecule has 0 N–H and O–H groups in total. The fraction of sp³-hybridized carbons (Fsp3) is 0.143. The third-order valence-corrected chi connectivity index (χ3v) is 2.99. The molecular formula is C14H7ClF6O. The van der Waals surface area contributed by atoms with Crippen LogP contribution < -0.4 is 4.74 Å². The van der Waals surface area contributed by atoms with Crippen LogP contribution in [0.5, 0.6) is 5.75 Å². The second-order valence-corrected chi connectivity index (χ2v) is 4.64. The van der Waals surface area contributed by atoms with Crippen LogP contribution in [-0.4, -0.2) is 6.36 Å². The molecule has 22 heavy (non-hydrogen) atoms. The summed E-state index contributed by atoms with van der Waals surface area (Å²) in [5.41, 5.74) is -1.52. The smallest absolute Gasteiger partial charge is 0.406 e. The first-order valence-corrected chi connectivity index (χ1v) is 6.17. The van der Waals surface area contributed by atoms with Gasteiger partial charge in [-0.3, -0.25) is 0 Å². The van der Waals surface area contributed by atoms with Crippen LogP contribution in [0.25, 0.3) is 11.1 Å². The molecule has 0 aliphatic heterocycles. The van der Waals surface area contributed by atoms with Crippen molar-refractivity contribution in [2.24, 2.45) is 0 Å². The third kappa shape index (κ3) is 3.85. The molecular weight excluding hydrogens is 334 g/mol. The largest absolute Gasteiger partial charge is 0.573 e. The predicted octanol–water partition coefficient (Wildman–Crippen LogP) is 5.92. The Bertz CT molecular complexity index is 678. The first-order valence-electron chi connectivity index (χ1n) is 5.80. The molecule has 0 heterocycles. The fourth-order valence-electron chi connectivity index (χ4n) is 1.91. The van der Waals surface area contributed by atoms with E-state index in [0.717, 1.165) is 30.3 Å². The van der Waals surface area contributed by atoms with Gasteiger partial charge in [0.05, 0.1) is 10.6 Å². The number of ether oxygens (including phenoxy) is 1. The molecule has 1 nitrogen and oxygen atoms in total. The van der Waals surface area contributed by atoms with Gasteiger partial charge in [0, 0.05) is 0 Å². The Kier molecular flexibility index (Phi) is 4.28. The highest BCUT2D eigenvalue weighted by atomic mass is 35.5. The molecule has 2 rings (SSSR count). The first kappa shape index (κ1) is 16.5. The van der Waals surface area contributed by atoms with Gasteiger partial charge in [0.25, 0.3) is 0 Å². The summed E-state index contributed by atoms with van der Waals surface area (Å²) in [6, 6.07) is 7.74. The van der Waals surface area contributed by atoms with Crippen molar-refractivity contribution < 1.29 is 31.1 Å². The van der Waals surface area contributed by atoms with E-state index in [9.17, 15) is 26.3 Å². The van der Waals surface area contributed by atoms with Gasteiger partial charge < -0.3 is 4.74 Å². The summed E-state index contributed by atoms with van der Waals surface area (Å²) < 4.78 is 79.5. The van der Waals surface area contributed by atoms with Crippen molar-refractivity contribution in [1.29, 1.82) is 0 Å². The predicted molar refractivity (Wildman–Crippen MR) is 68.6 cm³/mol. The number of hydrogen-bond acceptors (Lipinski definition) is 1. The molecule has 0 aromatic heterocycles. The van der Waals surface area contributed by atoms with Crippen molar-refractivity contribution in [2.75, 3.05) is 0 Å².